The first kappa shape index (κ1) is 21.7. The number of nitrogens with one attached hydrogen (secondary N) is 3. The number of nitrogens with zero attached hydrogens (tertiary/aromatic N) is 1. The molecule has 0 fully saturated rings. The summed E-state index contributed by atoms with van der Waals surface area (Å²) in [6.45, 7) is 9.53. The van der Waals surface area contributed by atoms with Gasteiger partial charge in [-0.3, -0.25) is 4.79 Å². The van der Waals surface area contributed by atoms with Crippen molar-refractivity contribution in [2.75, 3.05) is 19.6 Å². The summed E-state index contributed by atoms with van der Waals surface area (Å²) < 4.78 is 0. The number of rotatable bonds is 6. The average Bonchev–Trinajstić information content (AvgIpc) is 2.44. The molecule has 1 amide bonds. The summed E-state index contributed by atoms with van der Waals surface area (Å²) in [4.78, 5) is 16.1. The molecule has 23 heavy (non-hydrogen) atoms. The maximum absolute atomic E-state index is 11.8. The van der Waals surface area contributed by atoms with Crippen LogP contribution < -0.4 is 16.0 Å². The van der Waals surface area contributed by atoms with Crippen LogP contribution in [0.5, 0.6) is 0 Å². The Hall–Kier alpha value is -1.31. The Morgan fingerprint density at radius 3 is 2.35 bits per heavy atom. The van der Waals surface area contributed by atoms with Crippen molar-refractivity contribution in [3.63, 3.8) is 0 Å². The Kier molecular flexibility index (Phi) is 10.6. The lowest BCUT2D eigenvalue weighted by Crippen LogP contribution is -2.43. The minimum atomic E-state index is -0.230. The summed E-state index contributed by atoms with van der Waals surface area (Å²) in [5, 5.41) is 9.29. The van der Waals surface area contributed by atoms with Gasteiger partial charge in [0.15, 0.2) is 5.96 Å². The second-order valence-electron chi connectivity index (χ2n) is 6.16. The third-order valence-electron chi connectivity index (χ3n) is 2.79. The van der Waals surface area contributed by atoms with Crippen molar-refractivity contribution in [1.29, 1.82) is 0 Å². The number of carbonyl (C=O) groups excluding carboxylic acids is 1. The molecule has 0 aromatic heterocycles. The number of halogens is 1. The van der Waals surface area contributed by atoms with E-state index in [0.29, 0.717) is 5.96 Å². The molecular weight excluding hydrogens is 403 g/mol. The van der Waals surface area contributed by atoms with Crippen LogP contribution in [-0.2, 0) is 11.2 Å². The highest BCUT2D eigenvalue weighted by Gasteiger charge is 2.13. The number of amides is 1. The first-order valence-electron chi connectivity index (χ1n) is 7.78. The van der Waals surface area contributed by atoms with Crippen LogP contribution in [0.15, 0.2) is 35.3 Å². The van der Waals surface area contributed by atoms with Crippen LogP contribution in [0.4, 0.5) is 0 Å². The zero-order chi connectivity index (χ0) is 16.4. The van der Waals surface area contributed by atoms with Gasteiger partial charge < -0.3 is 16.0 Å². The van der Waals surface area contributed by atoms with Gasteiger partial charge >= 0.3 is 0 Å². The number of guanidine groups is 1. The molecule has 0 aliphatic heterocycles. The normalized spacial score (nSPS) is 11.4. The highest BCUT2D eigenvalue weighted by molar-refractivity contribution is 14.0. The van der Waals surface area contributed by atoms with Crippen molar-refractivity contribution in [3.8, 4) is 0 Å². The van der Waals surface area contributed by atoms with E-state index >= 15 is 0 Å². The van der Waals surface area contributed by atoms with Crippen molar-refractivity contribution < 1.29 is 4.79 Å². The first-order valence-corrected chi connectivity index (χ1v) is 7.78. The van der Waals surface area contributed by atoms with E-state index in [9.17, 15) is 4.79 Å². The lowest BCUT2D eigenvalue weighted by molar-refractivity contribution is -0.121. The summed E-state index contributed by atoms with van der Waals surface area (Å²) >= 11 is 0. The monoisotopic (exact) mass is 432 g/mol. The molecule has 1 rings (SSSR count). The predicted octanol–water partition coefficient (Wildman–Crippen LogP) is 2.32. The van der Waals surface area contributed by atoms with Gasteiger partial charge in [0.25, 0.3) is 0 Å². The molecule has 0 heterocycles. The first-order chi connectivity index (χ1) is 10.4. The molecule has 0 bridgehead atoms. The Labute approximate surface area is 156 Å². The van der Waals surface area contributed by atoms with Gasteiger partial charge in [-0.1, -0.05) is 30.3 Å². The summed E-state index contributed by atoms with van der Waals surface area (Å²) in [6.07, 6.45) is 0.916. The molecule has 6 heteroatoms. The van der Waals surface area contributed by atoms with Crippen LogP contribution >= 0.6 is 24.0 Å². The Morgan fingerprint density at radius 1 is 1.13 bits per heavy atom. The fourth-order valence-electron chi connectivity index (χ4n) is 1.92. The van der Waals surface area contributed by atoms with Gasteiger partial charge in [0.05, 0.1) is 0 Å². The molecule has 0 spiro atoms. The highest BCUT2D eigenvalue weighted by Crippen LogP contribution is 1.99. The standard InChI is InChI=1S/C17H28N4O.HI/c1-5-18-16(20-13-15(22)21-17(2,3)4)19-12-11-14-9-7-6-8-10-14;/h6-10H,5,11-13H2,1-4H3,(H,21,22)(H2,18,19,20);1H. The minimum absolute atomic E-state index is 0. The lowest BCUT2D eigenvalue weighted by atomic mass is 10.1. The third-order valence-corrected chi connectivity index (χ3v) is 2.79. The van der Waals surface area contributed by atoms with Crippen LogP contribution in [0.1, 0.15) is 33.3 Å². The largest absolute Gasteiger partial charge is 0.357 e. The maximum Gasteiger partial charge on any atom is 0.242 e. The van der Waals surface area contributed by atoms with Crippen LogP contribution in [0.2, 0.25) is 0 Å². The number of carbonyl (C=O) groups is 1. The summed E-state index contributed by atoms with van der Waals surface area (Å²) in [5.41, 5.74) is 1.04. The van der Waals surface area contributed by atoms with Gasteiger partial charge in [0.2, 0.25) is 5.91 Å². The molecule has 130 valence electrons. The van der Waals surface area contributed by atoms with Crippen molar-refractivity contribution in [1.82, 2.24) is 16.0 Å². The lowest BCUT2D eigenvalue weighted by Gasteiger charge is -2.20. The summed E-state index contributed by atoms with van der Waals surface area (Å²) in [6, 6.07) is 10.3. The van der Waals surface area contributed by atoms with Crippen LogP contribution in [-0.4, -0.2) is 37.0 Å². The van der Waals surface area contributed by atoms with E-state index in [0.717, 1.165) is 19.5 Å². The summed E-state index contributed by atoms with van der Waals surface area (Å²) in [5.74, 6) is 0.593. The minimum Gasteiger partial charge on any atom is -0.357 e. The van der Waals surface area contributed by atoms with Crippen molar-refractivity contribution in [3.05, 3.63) is 35.9 Å². The Bertz CT molecular complexity index is 483. The molecule has 0 aliphatic carbocycles. The van der Waals surface area contributed by atoms with E-state index in [1.54, 1.807) is 0 Å². The molecule has 1 aromatic rings. The van der Waals surface area contributed by atoms with Gasteiger partial charge in [-0.25, -0.2) is 4.99 Å². The van der Waals surface area contributed by atoms with Crippen molar-refractivity contribution >= 4 is 35.8 Å². The number of benzene rings is 1. The van der Waals surface area contributed by atoms with Crippen molar-refractivity contribution in [2.24, 2.45) is 4.99 Å². The molecule has 1 aromatic carbocycles. The maximum atomic E-state index is 11.8. The van der Waals surface area contributed by atoms with Crippen LogP contribution in [0.3, 0.4) is 0 Å². The van der Waals surface area contributed by atoms with Gasteiger partial charge in [0.1, 0.15) is 6.54 Å². The molecule has 0 radical (unpaired) electrons. The zero-order valence-corrected chi connectivity index (χ0v) is 16.8. The van der Waals surface area contributed by atoms with E-state index in [1.165, 1.54) is 5.56 Å². The second kappa shape index (κ2) is 11.3. The molecule has 0 aliphatic rings. The molecular formula is C17H29IN4O. The van der Waals surface area contributed by atoms with Crippen LogP contribution in [0.25, 0.3) is 0 Å². The van der Waals surface area contributed by atoms with E-state index in [1.807, 2.05) is 45.9 Å². The van der Waals surface area contributed by atoms with E-state index in [-0.39, 0.29) is 42.0 Å². The molecule has 0 unspecified atom stereocenters. The summed E-state index contributed by atoms with van der Waals surface area (Å²) in [7, 11) is 0. The van der Waals surface area contributed by atoms with Gasteiger partial charge in [-0.2, -0.15) is 0 Å². The van der Waals surface area contributed by atoms with Gasteiger partial charge in [-0.15, -0.1) is 24.0 Å². The molecule has 0 saturated carbocycles. The fraction of sp³-hybridized carbons (Fsp3) is 0.529. The second-order valence-corrected chi connectivity index (χ2v) is 6.16. The van der Waals surface area contributed by atoms with E-state index in [4.69, 9.17) is 0 Å². The number of hydrogen-bond acceptors (Lipinski definition) is 2. The Morgan fingerprint density at radius 2 is 1.78 bits per heavy atom. The third kappa shape index (κ3) is 11.0. The number of hydrogen-bond donors (Lipinski definition) is 3. The van der Waals surface area contributed by atoms with Crippen molar-refractivity contribution in [2.45, 2.75) is 39.7 Å². The molecule has 0 saturated heterocycles. The SMILES string of the molecule is CCNC(=NCC(=O)NC(C)(C)C)NCCc1ccccc1.I. The zero-order valence-electron chi connectivity index (χ0n) is 14.5. The average molecular weight is 432 g/mol. The van der Waals surface area contributed by atoms with Crippen LogP contribution in [0, 0.1) is 0 Å². The highest BCUT2D eigenvalue weighted by atomic mass is 127. The molecule has 0 atom stereocenters. The molecule has 5 nitrogen and oxygen atoms in total. The smallest absolute Gasteiger partial charge is 0.242 e. The Balaban J connectivity index is 0.00000484. The molecule has 3 N–H and O–H groups in total. The fourth-order valence-corrected chi connectivity index (χ4v) is 1.92. The van der Waals surface area contributed by atoms with Gasteiger partial charge in [-0.05, 0) is 39.7 Å². The van der Waals surface area contributed by atoms with Gasteiger partial charge in [0, 0.05) is 18.6 Å². The quantitative estimate of drug-likeness (QED) is 0.367. The topological polar surface area (TPSA) is 65.5 Å². The predicted molar refractivity (Wildman–Crippen MR) is 107 cm³/mol. The van der Waals surface area contributed by atoms with E-state index in [2.05, 4.69) is 33.1 Å². The number of aliphatic imine (C=N–C) groups is 1. The van der Waals surface area contributed by atoms with E-state index < -0.39 is 0 Å².